The van der Waals surface area contributed by atoms with Crippen molar-refractivity contribution < 1.29 is 4.79 Å². The van der Waals surface area contributed by atoms with E-state index in [-0.39, 0.29) is 5.91 Å². The summed E-state index contributed by atoms with van der Waals surface area (Å²) in [6, 6.07) is 13.5. The summed E-state index contributed by atoms with van der Waals surface area (Å²) >= 11 is 0. The minimum absolute atomic E-state index is 0.261. The number of nitrogens with zero attached hydrogens (tertiary/aromatic N) is 1. The Kier molecular flexibility index (Phi) is 3.60. The standard InChI is InChI=1S/C14H17N3O/c1-17(16)14(18)13(15)9-11-7-4-6-10-5-2-3-8-12(10)11/h2-8,13H,9,15-16H2,1H3. The maximum Gasteiger partial charge on any atom is 0.253 e. The molecule has 0 aliphatic heterocycles. The third-order valence-corrected chi connectivity index (χ3v) is 2.98. The molecule has 1 atom stereocenters. The van der Waals surface area contributed by atoms with Gasteiger partial charge >= 0.3 is 0 Å². The molecule has 0 saturated heterocycles. The third-order valence-electron chi connectivity index (χ3n) is 2.98. The van der Waals surface area contributed by atoms with Gasteiger partial charge in [0.1, 0.15) is 0 Å². The van der Waals surface area contributed by atoms with E-state index in [0.717, 1.165) is 21.3 Å². The van der Waals surface area contributed by atoms with E-state index in [0.29, 0.717) is 6.42 Å². The maximum atomic E-state index is 11.7. The molecule has 2 aromatic carbocycles. The van der Waals surface area contributed by atoms with Crippen LogP contribution in [0.5, 0.6) is 0 Å². The number of hydrogen-bond donors (Lipinski definition) is 2. The number of benzene rings is 2. The van der Waals surface area contributed by atoms with Gasteiger partial charge in [0.15, 0.2) is 0 Å². The summed E-state index contributed by atoms with van der Waals surface area (Å²) in [6.45, 7) is 0. The van der Waals surface area contributed by atoms with Crippen molar-refractivity contribution in [2.75, 3.05) is 7.05 Å². The second-order valence-electron chi connectivity index (χ2n) is 4.40. The topological polar surface area (TPSA) is 72.3 Å². The minimum atomic E-state index is -0.606. The molecule has 2 aromatic rings. The molecule has 0 aliphatic carbocycles. The Morgan fingerprint density at radius 2 is 1.89 bits per heavy atom. The largest absolute Gasteiger partial charge is 0.320 e. The summed E-state index contributed by atoms with van der Waals surface area (Å²) in [5.74, 6) is 5.15. The molecular formula is C14H17N3O. The van der Waals surface area contributed by atoms with Gasteiger partial charge in [-0.25, -0.2) is 5.84 Å². The molecule has 2 rings (SSSR count). The average Bonchev–Trinajstić information content (AvgIpc) is 2.38. The van der Waals surface area contributed by atoms with E-state index in [1.165, 1.54) is 7.05 Å². The lowest BCUT2D eigenvalue weighted by Crippen LogP contribution is -2.46. The number of hydrogen-bond acceptors (Lipinski definition) is 3. The first-order valence-electron chi connectivity index (χ1n) is 5.84. The normalized spacial score (nSPS) is 12.4. The zero-order valence-corrected chi connectivity index (χ0v) is 10.3. The summed E-state index contributed by atoms with van der Waals surface area (Å²) in [7, 11) is 1.51. The number of nitrogens with two attached hydrogens (primary N) is 2. The Labute approximate surface area is 106 Å². The van der Waals surface area contributed by atoms with Crippen LogP contribution in [0.4, 0.5) is 0 Å². The third kappa shape index (κ3) is 2.50. The van der Waals surface area contributed by atoms with E-state index in [9.17, 15) is 4.79 Å². The Bertz CT molecular complexity index is 560. The highest BCUT2D eigenvalue weighted by molar-refractivity contribution is 5.87. The molecule has 0 heterocycles. The summed E-state index contributed by atoms with van der Waals surface area (Å²) in [5, 5.41) is 3.31. The van der Waals surface area contributed by atoms with Gasteiger partial charge in [0.2, 0.25) is 0 Å². The molecular weight excluding hydrogens is 226 g/mol. The van der Waals surface area contributed by atoms with E-state index < -0.39 is 6.04 Å². The van der Waals surface area contributed by atoms with Crippen LogP contribution in [0.1, 0.15) is 5.56 Å². The molecule has 0 spiro atoms. The Hall–Kier alpha value is -1.91. The van der Waals surface area contributed by atoms with E-state index in [2.05, 4.69) is 0 Å². The highest BCUT2D eigenvalue weighted by Gasteiger charge is 2.17. The van der Waals surface area contributed by atoms with Crippen molar-refractivity contribution in [3.8, 4) is 0 Å². The monoisotopic (exact) mass is 243 g/mol. The predicted molar refractivity (Wildman–Crippen MR) is 72.6 cm³/mol. The molecule has 4 N–H and O–H groups in total. The van der Waals surface area contributed by atoms with Crippen LogP contribution in [-0.4, -0.2) is 24.0 Å². The number of rotatable bonds is 3. The Morgan fingerprint density at radius 1 is 1.22 bits per heavy atom. The summed E-state index contributed by atoms with van der Waals surface area (Å²) in [4.78, 5) is 11.7. The van der Waals surface area contributed by atoms with Gasteiger partial charge in [-0.05, 0) is 22.8 Å². The fourth-order valence-corrected chi connectivity index (χ4v) is 2.06. The highest BCUT2D eigenvalue weighted by Crippen LogP contribution is 2.19. The van der Waals surface area contributed by atoms with Crippen molar-refractivity contribution >= 4 is 16.7 Å². The molecule has 4 heteroatoms. The van der Waals surface area contributed by atoms with Crippen LogP contribution < -0.4 is 11.6 Å². The molecule has 1 unspecified atom stereocenters. The lowest BCUT2D eigenvalue weighted by molar-refractivity contribution is -0.131. The second kappa shape index (κ2) is 5.16. The van der Waals surface area contributed by atoms with Crippen molar-refractivity contribution in [2.24, 2.45) is 11.6 Å². The SMILES string of the molecule is CN(N)C(=O)C(N)Cc1cccc2ccccc12. The molecule has 0 radical (unpaired) electrons. The first-order valence-corrected chi connectivity index (χ1v) is 5.84. The summed E-state index contributed by atoms with van der Waals surface area (Å²) in [6.07, 6.45) is 0.488. The number of fused-ring (bicyclic) bond motifs is 1. The first kappa shape index (κ1) is 12.5. The van der Waals surface area contributed by atoms with Gasteiger partial charge in [-0.1, -0.05) is 42.5 Å². The van der Waals surface area contributed by atoms with Gasteiger partial charge in [-0.2, -0.15) is 0 Å². The van der Waals surface area contributed by atoms with Crippen LogP contribution in [0.3, 0.4) is 0 Å². The number of amides is 1. The van der Waals surface area contributed by atoms with Crippen LogP contribution in [-0.2, 0) is 11.2 Å². The van der Waals surface area contributed by atoms with Gasteiger partial charge in [-0.3, -0.25) is 9.80 Å². The molecule has 0 aromatic heterocycles. The highest BCUT2D eigenvalue weighted by atomic mass is 16.2. The lowest BCUT2D eigenvalue weighted by atomic mass is 9.99. The maximum absolute atomic E-state index is 11.7. The zero-order valence-electron chi connectivity index (χ0n) is 10.3. The summed E-state index contributed by atoms with van der Waals surface area (Å²) in [5.41, 5.74) is 6.94. The zero-order chi connectivity index (χ0) is 13.1. The molecule has 0 aliphatic rings. The molecule has 18 heavy (non-hydrogen) atoms. The lowest BCUT2D eigenvalue weighted by Gasteiger charge is -2.17. The number of likely N-dealkylation sites (N-methyl/N-ethyl adjacent to an activating group) is 1. The molecule has 0 fully saturated rings. The van der Waals surface area contributed by atoms with Crippen molar-refractivity contribution in [2.45, 2.75) is 12.5 Å². The number of carbonyl (C=O) groups is 1. The van der Waals surface area contributed by atoms with E-state index in [1.54, 1.807) is 0 Å². The molecule has 4 nitrogen and oxygen atoms in total. The van der Waals surface area contributed by atoms with Crippen LogP contribution in [0.25, 0.3) is 10.8 Å². The van der Waals surface area contributed by atoms with E-state index in [1.807, 2.05) is 42.5 Å². The quantitative estimate of drug-likeness (QED) is 0.480. The van der Waals surface area contributed by atoms with Crippen LogP contribution in [0.2, 0.25) is 0 Å². The van der Waals surface area contributed by atoms with Gasteiger partial charge < -0.3 is 5.73 Å². The molecule has 0 bridgehead atoms. The molecule has 94 valence electrons. The summed E-state index contributed by atoms with van der Waals surface area (Å²) < 4.78 is 0. The van der Waals surface area contributed by atoms with Gasteiger partial charge in [-0.15, -0.1) is 0 Å². The first-order chi connectivity index (χ1) is 8.59. The Morgan fingerprint density at radius 3 is 2.61 bits per heavy atom. The number of carbonyl (C=O) groups excluding carboxylic acids is 1. The van der Waals surface area contributed by atoms with Gasteiger partial charge in [0.05, 0.1) is 6.04 Å². The number of hydrazine groups is 1. The van der Waals surface area contributed by atoms with Crippen molar-refractivity contribution in [1.29, 1.82) is 0 Å². The van der Waals surface area contributed by atoms with Crippen molar-refractivity contribution in [3.63, 3.8) is 0 Å². The van der Waals surface area contributed by atoms with Crippen molar-refractivity contribution in [1.82, 2.24) is 5.01 Å². The second-order valence-corrected chi connectivity index (χ2v) is 4.40. The van der Waals surface area contributed by atoms with Gasteiger partial charge in [0, 0.05) is 7.05 Å². The smallest absolute Gasteiger partial charge is 0.253 e. The van der Waals surface area contributed by atoms with Gasteiger partial charge in [0.25, 0.3) is 5.91 Å². The molecule has 0 saturated carbocycles. The van der Waals surface area contributed by atoms with Crippen LogP contribution >= 0.6 is 0 Å². The predicted octanol–water partition coefficient (Wildman–Crippen LogP) is 1.04. The fourth-order valence-electron chi connectivity index (χ4n) is 2.06. The van der Waals surface area contributed by atoms with Crippen LogP contribution in [0, 0.1) is 0 Å². The minimum Gasteiger partial charge on any atom is -0.320 e. The average molecular weight is 243 g/mol. The van der Waals surface area contributed by atoms with E-state index in [4.69, 9.17) is 11.6 Å². The van der Waals surface area contributed by atoms with Crippen molar-refractivity contribution in [3.05, 3.63) is 48.0 Å². The molecule has 1 amide bonds. The van der Waals surface area contributed by atoms with E-state index >= 15 is 0 Å². The Balaban J connectivity index is 2.29. The fraction of sp³-hybridized carbons (Fsp3) is 0.214. The van der Waals surface area contributed by atoms with Crippen LogP contribution in [0.15, 0.2) is 42.5 Å².